The van der Waals surface area contributed by atoms with E-state index in [0.29, 0.717) is 22.8 Å². The summed E-state index contributed by atoms with van der Waals surface area (Å²) in [6.45, 7) is 7.78. The molecular formula is C32H35N7O3. The van der Waals surface area contributed by atoms with Crippen molar-refractivity contribution < 1.29 is 13.7 Å². The molecule has 5 aromatic rings. The van der Waals surface area contributed by atoms with Crippen molar-refractivity contribution in [2.24, 2.45) is 16.7 Å². The SMILES string of the molecule is Cc1ccc(C(NC(=O)Cc2ccc3oc(C(N=C(NN)NN)c4c(C)noc4C)cc3c2)c2ccccc2)c(C)c1. The summed E-state index contributed by atoms with van der Waals surface area (Å²) in [6.07, 6.45) is 0.203. The average molecular weight is 566 g/mol. The number of aryl methyl sites for hydroxylation is 4. The molecule has 0 saturated heterocycles. The van der Waals surface area contributed by atoms with Gasteiger partial charge in [0, 0.05) is 10.9 Å². The first-order chi connectivity index (χ1) is 20.3. The van der Waals surface area contributed by atoms with Gasteiger partial charge in [-0.25, -0.2) is 16.7 Å². The Labute approximate surface area is 244 Å². The van der Waals surface area contributed by atoms with Crippen LogP contribution in [0.1, 0.15) is 62.7 Å². The first kappa shape index (κ1) is 28.6. The first-order valence-electron chi connectivity index (χ1n) is 13.6. The number of furan rings is 1. The van der Waals surface area contributed by atoms with Crippen molar-refractivity contribution in [1.29, 1.82) is 0 Å². The minimum Gasteiger partial charge on any atom is -0.458 e. The molecule has 3 aromatic carbocycles. The molecule has 7 N–H and O–H groups in total. The lowest BCUT2D eigenvalue weighted by Crippen LogP contribution is -2.45. The van der Waals surface area contributed by atoms with E-state index in [4.69, 9.17) is 20.6 Å². The monoisotopic (exact) mass is 565 g/mol. The van der Waals surface area contributed by atoms with Gasteiger partial charge in [-0.1, -0.05) is 65.3 Å². The minimum absolute atomic E-state index is 0.0854. The molecule has 0 aliphatic carbocycles. The van der Waals surface area contributed by atoms with Gasteiger partial charge < -0.3 is 14.3 Å². The van der Waals surface area contributed by atoms with Crippen LogP contribution in [0.3, 0.4) is 0 Å². The molecule has 0 aliphatic heterocycles. The van der Waals surface area contributed by atoms with Crippen LogP contribution in [0.2, 0.25) is 0 Å². The summed E-state index contributed by atoms with van der Waals surface area (Å²) in [5, 5.41) is 8.16. The van der Waals surface area contributed by atoms with Crippen LogP contribution in [0, 0.1) is 27.7 Å². The topological polar surface area (TPSA) is 157 Å². The Hall–Kier alpha value is -4.93. The Morgan fingerprint density at radius 1 is 0.952 bits per heavy atom. The van der Waals surface area contributed by atoms with Crippen molar-refractivity contribution in [2.75, 3.05) is 0 Å². The number of hydrazine groups is 2. The van der Waals surface area contributed by atoms with Gasteiger partial charge in [0.15, 0.2) is 0 Å². The highest BCUT2D eigenvalue weighted by molar-refractivity contribution is 5.84. The fourth-order valence-corrected chi connectivity index (χ4v) is 5.29. The Morgan fingerprint density at radius 3 is 2.38 bits per heavy atom. The zero-order valence-electron chi connectivity index (χ0n) is 24.1. The van der Waals surface area contributed by atoms with E-state index in [9.17, 15) is 4.79 Å². The molecule has 10 nitrogen and oxygen atoms in total. The van der Waals surface area contributed by atoms with E-state index in [-0.39, 0.29) is 24.3 Å². The molecule has 0 radical (unpaired) electrons. The molecule has 42 heavy (non-hydrogen) atoms. The molecule has 0 fully saturated rings. The number of fused-ring (bicyclic) bond motifs is 1. The highest BCUT2D eigenvalue weighted by atomic mass is 16.5. The van der Waals surface area contributed by atoms with E-state index in [1.807, 2.05) is 68.4 Å². The number of hydrogen-bond donors (Lipinski definition) is 5. The fourth-order valence-electron chi connectivity index (χ4n) is 5.29. The molecule has 0 spiro atoms. The minimum atomic E-state index is -0.623. The Morgan fingerprint density at radius 2 is 1.71 bits per heavy atom. The van der Waals surface area contributed by atoms with E-state index in [2.05, 4.69) is 58.4 Å². The molecule has 0 saturated carbocycles. The maximum Gasteiger partial charge on any atom is 0.225 e. The number of nitrogens with zero attached hydrogens (tertiary/aromatic N) is 2. The molecule has 2 aromatic heterocycles. The van der Waals surface area contributed by atoms with E-state index < -0.39 is 6.04 Å². The lowest BCUT2D eigenvalue weighted by Gasteiger charge is -2.22. The maximum atomic E-state index is 13.4. The van der Waals surface area contributed by atoms with Crippen LogP contribution in [-0.2, 0) is 11.2 Å². The molecule has 10 heteroatoms. The molecule has 216 valence electrons. The lowest BCUT2D eigenvalue weighted by molar-refractivity contribution is -0.120. The number of benzene rings is 3. The summed E-state index contributed by atoms with van der Waals surface area (Å²) in [6, 6.07) is 23.0. The molecule has 2 atom stereocenters. The van der Waals surface area contributed by atoms with E-state index in [0.717, 1.165) is 33.2 Å². The average Bonchev–Trinajstić information content (AvgIpc) is 3.55. The van der Waals surface area contributed by atoms with Gasteiger partial charge in [-0.05, 0) is 68.1 Å². The molecule has 1 amide bonds. The number of guanidine groups is 1. The van der Waals surface area contributed by atoms with E-state index in [1.165, 1.54) is 5.56 Å². The lowest BCUT2D eigenvalue weighted by atomic mass is 9.93. The Balaban J connectivity index is 1.42. The quantitative estimate of drug-likeness (QED) is 0.0798. The largest absolute Gasteiger partial charge is 0.458 e. The number of nitrogens with one attached hydrogen (secondary N) is 3. The maximum absolute atomic E-state index is 13.4. The highest BCUT2D eigenvalue weighted by Gasteiger charge is 2.26. The third-order valence-electron chi connectivity index (χ3n) is 7.30. The van der Waals surface area contributed by atoms with Crippen LogP contribution in [0.4, 0.5) is 0 Å². The van der Waals surface area contributed by atoms with Crippen LogP contribution in [0.25, 0.3) is 11.0 Å². The summed E-state index contributed by atoms with van der Waals surface area (Å²) in [5.74, 6) is 12.4. The Kier molecular flexibility index (Phi) is 8.37. The summed E-state index contributed by atoms with van der Waals surface area (Å²) in [4.78, 5) is 18.0. The van der Waals surface area contributed by atoms with Gasteiger partial charge in [-0.15, -0.1) is 0 Å². The van der Waals surface area contributed by atoms with Crippen LogP contribution in [-0.4, -0.2) is 17.0 Å². The number of carbonyl (C=O) groups is 1. The Bertz CT molecular complexity index is 1710. The number of hydrogen-bond acceptors (Lipinski definition) is 7. The van der Waals surface area contributed by atoms with E-state index in [1.54, 1.807) is 0 Å². The number of nitrogens with two attached hydrogens (primary N) is 2. The van der Waals surface area contributed by atoms with Crippen molar-refractivity contribution in [3.8, 4) is 0 Å². The van der Waals surface area contributed by atoms with Gasteiger partial charge in [-0.2, -0.15) is 0 Å². The molecule has 0 aliphatic rings. The van der Waals surface area contributed by atoms with Crippen LogP contribution >= 0.6 is 0 Å². The second kappa shape index (κ2) is 12.3. The van der Waals surface area contributed by atoms with Gasteiger partial charge in [0.25, 0.3) is 0 Å². The van der Waals surface area contributed by atoms with Gasteiger partial charge in [-0.3, -0.25) is 15.6 Å². The summed E-state index contributed by atoms with van der Waals surface area (Å²) in [7, 11) is 0. The number of rotatable bonds is 8. The van der Waals surface area contributed by atoms with E-state index >= 15 is 0 Å². The number of amides is 1. The summed E-state index contributed by atoms with van der Waals surface area (Å²) < 4.78 is 11.6. The van der Waals surface area contributed by atoms with Gasteiger partial charge in [0.05, 0.1) is 18.2 Å². The van der Waals surface area contributed by atoms with Crippen LogP contribution < -0.4 is 27.9 Å². The van der Waals surface area contributed by atoms with Gasteiger partial charge in [0.2, 0.25) is 11.9 Å². The van der Waals surface area contributed by atoms with Crippen molar-refractivity contribution >= 4 is 22.8 Å². The molecule has 2 unspecified atom stereocenters. The first-order valence-corrected chi connectivity index (χ1v) is 13.6. The zero-order valence-corrected chi connectivity index (χ0v) is 24.1. The third kappa shape index (κ3) is 6.04. The number of carbonyl (C=O) groups excluding carboxylic acids is 1. The fraction of sp³-hybridized carbons (Fsp3) is 0.219. The molecular weight excluding hydrogens is 530 g/mol. The predicted molar refractivity (Wildman–Crippen MR) is 162 cm³/mol. The zero-order chi connectivity index (χ0) is 29.8. The van der Waals surface area contributed by atoms with Gasteiger partial charge >= 0.3 is 0 Å². The molecule has 2 heterocycles. The summed E-state index contributed by atoms with van der Waals surface area (Å²) >= 11 is 0. The molecule has 5 rings (SSSR count). The third-order valence-corrected chi connectivity index (χ3v) is 7.30. The van der Waals surface area contributed by atoms with Crippen molar-refractivity contribution in [2.45, 2.75) is 46.2 Å². The van der Waals surface area contributed by atoms with Crippen LogP contribution in [0.5, 0.6) is 0 Å². The van der Waals surface area contributed by atoms with Crippen LogP contribution in [0.15, 0.2) is 86.7 Å². The summed E-state index contributed by atoms with van der Waals surface area (Å²) in [5.41, 5.74) is 12.2. The number of aliphatic imine (C=N–C) groups is 1. The molecule has 0 bridgehead atoms. The smallest absolute Gasteiger partial charge is 0.225 e. The second-order valence-corrected chi connectivity index (χ2v) is 10.4. The second-order valence-electron chi connectivity index (χ2n) is 10.4. The normalized spacial score (nSPS) is 12.5. The van der Waals surface area contributed by atoms with Crippen molar-refractivity contribution in [1.82, 2.24) is 21.3 Å². The number of aromatic nitrogens is 1. The van der Waals surface area contributed by atoms with Gasteiger partial charge in [0.1, 0.15) is 23.1 Å². The standard InChI is InChI=1S/C32H35N7O3/c1-18-10-12-25(19(2)14-18)30(23-8-6-5-7-9-23)35-28(40)16-22-11-13-26-24(15-22)17-27(41-26)31(36-32(37-33)38-34)29-20(3)39-42-21(29)4/h5-15,17,30-31H,16,33-34H2,1-4H3,(H,35,40)(H2,36,37,38). The predicted octanol–water partition coefficient (Wildman–Crippen LogP) is 4.47. The highest BCUT2D eigenvalue weighted by Crippen LogP contribution is 2.35. The van der Waals surface area contributed by atoms with Crippen molar-refractivity contribution in [3.63, 3.8) is 0 Å². The van der Waals surface area contributed by atoms with Crippen molar-refractivity contribution in [3.05, 3.63) is 123 Å².